The zero-order valence-electron chi connectivity index (χ0n) is 14.8. The van der Waals surface area contributed by atoms with E-state index in [4.69, 9.17) is 9.47 Å². The second kappa shape index (κ2) is 9.57. The van der Waals surface area contributed by atoms with Crippen molar-refractivity contribution >= 4 is 10.8 Å². The molecule has 0 aliphatic heterocycles. The highest BCUT2D eigenvalue weighted by atomic mass is 16.5. The van der Waals surface area contributed by atoms with Gasteiger partial charge in [-0.2, -0.15) is 0 Å². The Labute approximate surface area is 140 Å². The largest absolute Gasteiger partial charge is 0.491 e. The number of ether oxygens (including phenoxy) is 2. The van der Waals surface area contributed by atoms with Crippen molar-refractivity contribution in [2.24, 2.45) is 5.92 Å². The summed E-state index contributed by atoms with van der Waals surface area (Å²) in [6.07, 6.45) is 5.33. The van der Waals surface area contributed by atoms with E-state index in [-0.39, 0.29) is 0 Å². The fourth-order valence-corrected chi connectivity index (χ4v) is 3.03. The molecule has 2 nitrogen and oxygen atoms in total. The third-order valence-corrected chi connectivity index (χ3v) is 4.28. The minimum Gasteiger partial charge on any atom is -0.491 e. The lowest BCUT2D eigenvalue weighted by Gasteiger charge is -2.18. The Morgan fingerprint density at radius 2 is 1.74 bits per heavy atom. The molecule has 0 amide bonds. The zero-order valence-corrected chi connectivity index (χ0v) is 14.8. The van der Waals surface area contributed by atoms with Gasteiger partial charge in [-0.15, -0.1) is 0 Å². The number of hydrogen-bond donors (Lipinski definition) is 0. The topological polar surface area (TPSA) is 18.5 Å². The Balaban J connectivity index is 1.72. The molecular weight excluding hydrogens is 284 g/mol. The monoisotopic (exact) mass is 314 g/mol. The van der Waals surface area contributed by atoms with Crippen LogP contribution < -0.4 is 4.74 Å². The molecule has 2 unspecified atom stereocenters. The van der Waals surface area contributed by atoms with Crippen molar-refractivity contribution in [3.05, 3.63) is 42.5 Å². The van der Waals surface area contributed by atoms with Crippen molar-refractivity contribution in [3.63, 3.8) is 0 Å². The Hall–Kier alpha value is -1.54. The molecule has 126 valence electrons. The lowest BCUT2D eigenvalue weighted by molar-refractivity contribution is 0.0312. The predicted molar refractivity (Wildman–Crippen MR) is 98.2 cm³/mol. The maximum atomic E-state index is 5.91. The van der Waals surface area contributed by atoms with Crippen LogP contribution in [0.2, 0.25) is 0 Å². The van der Waals surface area contributed by atoms with E-state index >= 15 is 0 Å². The third-order valence-electron chi connectivity index (χ3n) is 4.28. The van der Waals surface area contributed by atoms with Crippen molar-refractivity contribution in [1.29, 1.82) is 0 Å². The Kier molecular flexibility index (Phi) is 7.41. The van der Waals surface area contributed by atoms with Crippen molar-refractivity contribution in [2.45, 2.75) is 52.6 Å². The lowest BCUT2D eigenvalue weighted by Crippen LogP contribution is -2.17. The molecule has 2 heteroatoms. The summed E-state index contributed by atoms with van der Waals surface area (Å²) in [5.41, 5.74) is 0. The van der Waals surface area contributed by atoms with Gasteiger partial charge < -0.3 is 9.47 Å². The summed E-state index contributed by atoms with van der Waals surface area (Å²) in [5.74, 6) is 1.68. The number of benzene rings is 2. The van der Waals surface area contributed by atoms with Crippen LogP contribution in [-0.4, -0.2) is 19.3 Å². The summed E-state index contributed by atoms with van der Waals surface area (Å²) in [4.78, 5) is 0. The van der Waals surface area contributed by atoms with Crippen LogP contribution in [-0.2, 0) is 4.74 Å². The normalized spacial score (nSPS) is 13.9. The fourth-order valence-electron chi connectivity index (χ4n) is 3.03. The first kappa shape index (κ1) is 17.8. The van der Waals surface area contributed by atoms with Crippen molar-refractivity contribution in [3.8, 4) is 5.75 Å². The van der Waals surface area contributed by atoms with Crippen molar-refractivity contribution < 1.29 is 9.47 Å². The van der Waals surface area contributed by atoms with Crippen LogP contribution in [0.15, 0.2) is 42.5 Å². The second-order valence-corrected chi connectivity index (χ2v) is 6.49. The molecule has 0 aromatic heterocycles. The van der Waals surface area contributed by atoms with E-state index in [2.05, 4.69) is 45.0 Å². The molecule has 0 spiro atoms. The van der Waals surface area contributed by atoms with Crippen LogP contribution in [0, 0.1) is 5.92 Å². The number of fused-ring (bicyclic) bond motifs is 1. The van der Waals surface area contributed by atoms with Gasteiger partial charge in [0.1, 0.15) is 12.4 Å². The first-order valence-electron chi connectivity index (χ1n) is 8.93. The highest BCUT2D eigenvalue weighted by Crippen LogP contribution is 2.25. The zero-order chi connectivity index (χ0) is 16.5. The van der Waals surface area contributed by atoms with E-state index in [9.17, 15) is 0 Å². The van der Waals surface area contributed by atoms with Crippen molar-refractivity contribution in [1.82, 2.24) is 0 Å². The first-order valence-corrected chi connectivity index (χ1v) is 8.93. The maximum Gasteiger partial charge on any atom is 0.127 e. The molecule has 2 aromatic rings. The Morgan fingerprint density at radius 3 is 2.57 bits per heavy atom. The molecule has 0 saturated heterocycles. The smallest absolute Gasteiger partial charge is 0.127 e. The van der Waals surface area contributed by atoms with Crippen molar-refractivity contribution in [2.75, 3.05) is 13.2 Å². The SMILES string of the molecule is CCCCC(C)CC(C)OCCOc1cccc2ccccc12. The molecule has 0 aliphatic rings. The van der Waals surface area contributed by atoms with E-state index in [0.29, 0.717) is 19.3 Å². The molecule has 0 aliphatic carbocycles. The molecule has 0 bridgehead atoms. The van der Waals surface area contributed by atoms with Crippen LogP contribution in [0.25, 0.3) is 10.8 Å². The van der Waals surface area contributed by atoms with Gasteiger partial charge in [0.15, 0.2) is 0 Å². The standard InChI is InChI=1S/C21H30O2/c1-4-5-9-17(2)16-18(3)22-14-15-23-21-13-8-11-19-10-6-7-12-20(19)21/h6-8,10-13,17-18H,4-5,9,14-16H2,1-3H3. The van der Waals surface area contributed by atoms with E-state index in [1.54, 1.807) is 0 Å². The fraction of sp³-hybridized carbons (Fsp3) is 0.524. The summed E-state index contributed by atoms with van der Waals surface area (Å²) in [6.45, 7) is 7.98. The van der Waals surface area contributed by atoms with Gasteiger partial charge in [0.25, 0.3) is 0 Å². The van der Waals surface area contributed by atoms with E-state index < -0.39 is 0 Å². The lowest BCUT2D eigenvalue weighted by atomic mass is 9.98. The molecule has 0 fully saturated rings. The van der Waals surface area contributed by atoms with Crippen LogP contribution >= 0.6 is 0 Å². The molecular formula is C21H30O2. The molecule has 0 heterocycles. The summed E-state index contributed by atoms with van der Waals surface area (Å²) in [7, 11) is 0. The Bertz CT molecular complexity index is 574. The quantitative estimate of drug-likeness (QED) is 0.513. The first-order chi connectivity index (χ1) is 11.2. The number of hydrogen-bond acceptors (Lipinski definition) is 2. The molecule has 0 radical (unpaired) electrons. The average Bonchev–Trinajstić information content (AvgIpc) is 2.57. The summed E-state index contributed by atoms with van der Waals surface area (Å²) in [5, 5.41) is 2.38. The van der Waals surface area contributed by atoms with Gasteiger partial charge in [-0.3, -0.25) is 0 Å². The minimum atomic E-state index is 0.304. The second-order valence-electron chi connectivity index (χ2n) is 6.49. The van der Waals surface area contributed by atoms with Gasteiger partial charge >= 0.3 is 0 Å². The van der Waals surface area contributed by atoms with Gasteiger partial charge in [0.05, 0.1) is 12.7 Å². The van der Waals surface area contributed by atoms with Crippen LogP contribution in [0.5, 0.6) is 5.75 Å². The van der Waals surface area contributed by atoms with Crippen LogP contribution in [0.1, 0.15) is 46.5 Å². The third kappa shape index (κ3) is 5.87. The Morgan fingerprint density at radius 1 is 0.957 bits per heavy atom. The van der Waals surface area contributed by atoms with Crippen LogP contribution in [0.4, 0.5) is 0 Å². The van der Waals surface area contributed by atoms with Crippen LogP contribution in [0.3, 0.4) is 0 Å². The molecule has 23 heavy (non-hydrogen) atoms. The average molecular weight is 314 g/mol. The highest BCUT2D eigenvalue weighted by molar-refractivity contribution is 5.88. The van der Waals surface area contributed by atoms with Gasteiger partial charge in [0.2, 0.25) is 0 Å². The maximum absolute atomic E-state index is 5.91. The minimum absolute atomic E-state index is 0.304. The summed E-state index contributed by atoms with van der Waals surface area (Å²) < 4.78 is 11.8. The van der Waals surface area contributed by atoms with Gasteiger partial charge in [-0.05, 0) is 30.7 Å². The summed E-state index contributed by atoms with van der Waals surface area (Å²) >= 11 is 0. The van der Waals surface area contributed by atoms with Gasteiger partial charge in [0, 0.05) is 5.39 Å². The molecule has 2 atom stereocenters. The molecule has 0 N–H and O–H groups in total. The predicted octanol–water partition coefficient (Wildman–Crippen LogP) is 5.84. The number of unbranched alkanes of at least 4 members (excludes halogenated alkanes) is 1. The summed E-state index contributed by atoms with van der Waals surface area (Å²) in [6, 6.07) is 14.5. The molecule has 2 rings (SSSR count). The highest BCUT2D eigenvalue weighted by Gasteiger charge is 2.09. The molecule has 0 saturated carbocycles. The van der Waals surface area contributed by atoms with E-state index in [1.165, 1.54) is 24.6 Å². The van der Waals surface area contributed by atoms with Gasteiger partial charge in [-0.1, -0.05) is 69.5 Å². The van der Waals surface area contributed by atoms with E-state index in [1.807, 2.05) is 18.2 Å². The van der Waals surface area contributed by atoms with E-state index in [0.717, 1.165) is 23.5 Å². The van der Waals surface area contributed by atoms with Gasteiger partial charge in [-0.25, -0.2) is 0 Å². The molecule has 2 aromatic carbocycles. The number of rotatable bonds is 10.